The van der Waals surface area contributed by atoms with Gasteiger partial charge in [0.25, 0.3) is 11.8 Å². The molecule has 0 aliphatic heterocycles. The summed E-state index contributed by atoms with van der Waals surface area (Å²) in [5.74, 6) is -0.122. The number of ether oxygens (including phenoxy) is 1. The molecule has 0 saturated carbocycles. The molecule has 1 aromatic heterocycles. The van der Waals surface area contributed by atoms with Gasteiger partial charge in [-0.3, -0.25) is 9.59 Å². The minimum Gasteiger partial charge on any atom is -0.497 e. The molecular formula is C23H23ClN4O3. The van der Waals surface area contributed by atoms with Crippen molar-refractivity contribution in [2.24, 2.45) is 0 Å². The minimum absolute atomic E-state index is 0.144. The molecule has 2 N–H and O–H groups in total. The molecule has 3 rings (SSSR count). The predicted molar refractivity (Wildman–Crippen MR) is 120 cm³/mol. The number of nitrogens with zero attached hydrogens (tertiary/aromatic N) is 2. The summed E-state index contributed by atoms with van der Waals surface area (Å²) in [6, 6.07) is 13.6. The van der Waals surface area contributed by atoms with Crippen LogP contribution in [0.3, 0.4) is 0 Å². The number of hydrogen-bond donors (Lipinski definition) is 2. The summed E-state index contributed by atoms with van der Waals surface area (Å²) in [5.41, 5.74) is 1.30. The highest BCUT2D eigenvalue weighted by Crippen LogP contribution is 2.14. The highest BCUT2D eigenvalue weighted by molar-refractivity contribution is 6.30. The zero-order valence-corrected chi connectivity index (χ0v) is 17.8. The Balaban J connectivity index is 1.69. The van der Waals surface area contributed by atoms with Gasteiger partial charge in [0.1, 0.15) is 11.4 Å². The van der Waals surface area contributed by atoms with Crippen LogP contribution in [-0.2, 0) is 11.3 Å². The highest BCUT2D eigenvalue weighted by Gasteiger charge is 2.14. The molecule has 0 atom stereocenters. The van der Waals surface area contributed by atoms with E-state index in [1.54, 1.807) is 74.2 Å². The molecule has 160 valence electrons. The van der Waals surface area contributed by atoms with Crippen LogP contribution in [0.15, 0.2) is 72.9 Å². The van der Waals surface area contributed by atoms with Gasteiger partial charge in [-0.1, -0.05) is 23.7 Å². The van der Waals surface area contributed by atoms with E-state index in [9.17, 15) is 9.59 Å². The maximum atomic E-state index is 12.8. The van der Waals surface area contributed by atoms with E-state index in [2.05, 4.69) is 15.6 Å². The van der Waals surface area contributed by atoms with Crippen LogP contribution in [0.4, 0.5) is 0 Å². The van der Waals surface area contributed by atoms with Crippen molar-refractivity contribution < 1.29 is 14.3 Å². The van der Waals surface area contributed by atoms with Crippen molar-refractivity contribution in [2.75, 3.05) is 13.7 Å². The Morgan fingerprint density at radius 2 is 1.87 bits per heavy atom. The molecule has 0 bridgehead atoms. The number of carbonyl (C=O) groups is 2. The molecule has 2 aromatic carbocycles. The van der Waals surface area contributed by atoms with E-state index < -0.39 is 5.91 Å². The third-order valence-electron chi connectivity index (χ3n) is 4.46. The summed E-state index contributed by atoms with van der Waals surface area (Å²) in [7, 11) is 1.55. The second kappa shape index (κ2) is 11.0. The third kappa shape index (κ3) is 6.72. The van der Waals surface area contributed by atoms with Crippen LogP contribution in [0.5, 0.6) is 5.75 Å². The van der Waals surface area contributed by atoms with Crippen molar-refractivity contribution in [3.63, 3.8) is 0 Å². The number of aromatic nitrogens is 2. The Morgan fingerprint density at radius 3 is 2.52 bits per heavy atom. The molecule has 0 fully saturated rings. The molecule has 0 aliphatic rings. The topological polar surface area (TPSA) is 85.2 Å². The summed E-state index contributed by atoms with van der Waals surface area (Å²) in [5, 5.41) is 6.15. The minimum atomic E-state index is -0.392. The highest BCUT2D eigenvalue weighted by atomic mass is 35.5. The fourth-order valence-electron chi connectivity index (χ4n) is 2.80. The number of benzene rings is 2. The fraction of sp³-hybridized carbons (Fsp3) is 0.174. The van der Waals surface area contributed by atoms with Crippen LogP contribution in [0.25, 0.3) is 6.08 Å². The quantitative estimate of drug-likeness (QED) is 0.395. The Bertz CT molecular complexity index is 1030. The monoisotopic (exact) mass is 438 g/mol. The van der Waals surface area contributed by atoms with Gasteiger partial charge in [0.2, 0.25) is 0 Å². The second-order valence-corrected chi connectivity index (χ2v) is 7.14. The Morgan fingerprint density at radius 1 is 1.13 bits per heavy atom. The predicted octanol–water partition coefficient (Wildman–Crippen LogP) is 3.52. The summed E-state index contributed by atoms with van der Waals surface area (Å²) in [6.45, 7) is 1.18. The van der Waals surface area contributed by atoms with Gasteiger partial charge in [-0.05, 0) is 54.5 Å². The van der Waals surface area contributed by atoms with Gasteiger partial charge >= 0.3 is 0 Å². The standard InChI is InChI=1S/C23H23ClN4O3/c1-31-20-9-5-18(6-10-20)22(29)27-21(15-17-3-7-19(24)8-4-17)23(30)26-11-2-13-28-14-12-25-16-28/h3-10,12,14-16H,2,11,13H2,1H3,(H,26,30)(H,27,29). The number of carbonyl (C=O) groups excluding carboxylic acids is 2. The molecule has 2 amide bonds. The van der Waals surface area contributed by atoms with Gasteiger partial charge in [-0.25, -0.2) is 4.98 Å². The number of rotatable bonds is 9. The van der Waals surface area contributed by atoms with Crippen LogP contribution in [0, 0.1) is 0 Å². The number of methoxy groups -OCH3 is 1. The van der Waals surface area contributed by atoms with Gasteiger partial charge in [0.15, 0.2) is 0 Å². The smallest absolute Gasteiger partial charge is 0.267 e. The first-order chi connectivity index (χ1) is 15.0. The van der Waals surface area contributed by atoms with Crippen LogP contribution >= 0.6 is 11.6 Å². The molecule has 3 aromatic rings. The molecule has 0 unspecified atom stereocenters. The van der Waals surface area contributed by atoms with Crippen molar-refractivity contribution in [2.45, 2.75) is 13.0 Å². The van der Waals surface area contributed by atoms with Crippen LogP contribution in [0.2, 0.25) is 5.02 Å². The molecular weight excluding hydrogens is 416 g/mol. The third-order valence-corrected chi connectivity index (χ3v) is 4.72. The average molecular weight is 439 g/mol. The van der Waals surface area contributed by atoms with E-state index in [-0.39, 0.29) is 11.6 Å². The lowest BCUT2D eigenvalue weighted by molar-refractivity contribution is -0.117. The van der Waals surface area contributed by atoms with E-state index in [0.29, 0.717) is 22.9 Å². The molecule has 31 heavy (non-hydrogen) atoms. The number of imidazole rings is 1. The van der Waals surface area contributed by atoms with Gasteiger partial charge in [-0.15, -0.1) is 0 Å². The molecule has 0 radical (unpaired) electrons. The van der Waals surface area contributed by atoms with E-state index in [1.807, 2.05) is 10.8 Å². The van der Waals surface area contributed by atoms with Crippen molar-refractivity contribution in [1.82, 2.24) is 20.2 Å². The zero-order chi connectivity index (χ0) is 22.1. The summed E-state index contributed by atoms with van der Waals surface area (Å²) in [6.07, 6.45) is 7.64. The zero-order valence-electron chi connectivity index (χ0n) is 17.0. The van der Waals surface area contributed by atoms with E-state index in [0.717, 1.165) is 18.5 Å². The van der Waals surface area contributed by atoms with E-state index in [4.69, 9.17) is 16.3 Å². The first kappa shape index (κ1) is 22.1. The molecule has 0 saturated heterocycles. The van der Waals surface area contributed by atoms with Crippen LogP contribution < -0.4 is 15.4 Å². The normalized spacial score (nSPS) is 11.1. The summed E-state index contributed by atoms with van der Waals surface area (Å²) in [4.78, 5) is 29.5. The number of nitrogens with one attached hydrogen (secondary N) is 2. The summed E-state index contributed by atoms with van der Waals surface area (Å²) < 4.78 is 7.05. The van der Waals surface area contributed by atoms with Crippen molar-refractivity contribution in [1.29, 1.82) is 0 Å². The van der Waals surface area contributed by atoms with Gasteiger partial charge in [0, 0.05) is 36.1 Å². The van der Waals surface area contributed by atoms with Crippen LogP contribution in [0.1, 0.15) is 22.3 Å². The number of aryl methyl sites for hydroxylation is 1. The van der Waals surface area contributed by atoms with Crippen LogP contribution in [-0.4, -0.2) is 35.0 Å². The van der Waals surface area contributed by atoms with Crippen molar-refractivity contribution in [3.8, 4) is 5.75 Å². The lowest BCUT2D eigenvalue weighted by Crippen LogP contribution is -2.35. The maximum Gasteiger partial charge on any atom is 0.267 e. The fourth-order valence-corrected chi connectivity index (χ4v) is 2.92. The lowest BCUT2D eigenvalue weighted by Gasteiger charge is -2.12. The van der Waals surface area contributed by atoms with Crippen molar-refractivity contribution >= 4 is 29.5 Å². The lowest BCUT2D eigenvalue weighted by atomic mass is 10.1. The largest absolute Gasteiger partial charge is 0.497 e. The summed E-state index contributed by atoms with van der Waals surface area (Å²) >= 11 is 5.94. The molecule has 8 heteroatoms. The molecule has 7 nitrogen and oxygen atoms in total. The van der Waals surface area contributed by atoms with Crippen molar-refractivity contribution in [3.05, 3.63) is 89.1 Å². The number of amides is 2. The van der Waals surface area contributed by atoms with E-state index in [1.165, 1.54) is 0 Å². The molecule has 1 heterocycles. The molecule has 0 spiro atoms. The maximum absolute atomic E-state index is 12.8. The van der Waals surface area contributed by atoms with E-state index >= 15 is 0 Å². The van der Waals surface area contributed by atoms with Gasteiger partial charge in [0.05, 0.1) is 13.4 Å². The number of hydrogen-bond acceptors (Lipinski definition) is 4. The first-order valence-electron chi connectivity index (χ1n) is 9.72. The first-order valence-corrected chi connectivity index (χ1v) is 10.1. The number of halogens is 1. The molecule has 0 aliphatic carbocycles. The Labute approximate surface area is 185 Å². The average Bonchev–Trinajstić information content (AvgIpc) is 3.31. The Hall–Kier alpha value is -3.58. The van der Waals surface area contributed by atoms with Gasteiger partial charge in [-0.2, -0.15) is 0 Å². The Kier molecular flexibility index (Phi) is 7.84. The van der Waals surface area contributed by atoms with Gasteiger partial charge < -0.3 is 19.9 Å². The second-order valence-electron chi connectivity index (χ2n) is 6.70. The SMILES string of the molecule is COc1ccc(C(=O)NC(=Cc2ccc(Cl)cc2)C(=O)NCCCn2ccnc2)cc1.